The van der Waals surface area contributed by atoms with Crippen LogP contribution >= 0.6 is 11.6 Å². The Bertz CT molecular complexity index is 1490. The minimum absolute atomic E-state index is 0.0379. The fraction of sp³-hybridized carbons (Fsp3) is 0.250. The predicted molar refractivity (Wildman–Crippen MR) is 142 cm³/mol. The van der Waals surface area contributed by atoms with E-state index in [1.54, 1.807) is 36.4 Å². The zero-order chi connectivity index (χ0) is 26.1. The van der Waals surface area contributed by atoms with Gasteiger partial charge >= 0.3 is 5.97 Å². The number of carbonyl (C=O) groups is 2. The summed E-state index contributed by atoms with van der Waals surface area (Å²) >= 11 is 6.29. The fourth-order valence-corrected chi connectivity index (χ4v) is 4.79. The van der Waals surface area contributed by atoms with Crippen molar-refractivity contribution in [3.8, 4) is 11.5 Å². The van der Waals surface area contributed by atoms with E-state index in [-0.39, 0.29) is 11.5 Å². The van der Waals surface area contributed by atoms with Gasteiger partial charge in [-0.1, -0.05) is 23.7 Å². The number of aromatic carboxylic acids is 1. The van der Waals surface area contributed by atoms with E-state index in [0.29, 0.717) is 54.8 Å². The quantitative estimate of drug-likeness (QED) is 0.387. The first-order chi connectivity index (χ1) is 17.8. The highest BCUT2D eigenvalue weighted by molar-refractivity contribution is 6.32. The molecular weight excluding hydrogens is 492 g/mol. The van der Waals surface area contributed by atoms with E-state index in [2.05, 4.69) is 9.88 Å². The topological polar surface area (TPSA) is 87.9 Å². The van der Waals surface area contributed by atoms with Crippen LogP contribution in [0.1, 0.15) is 32.1 Å². The van der Waals surface area contributed by atoms with Gasteiger partial charge in [0.25, 0.3) is 5.91 Å². The molecule has 0 unspecified atom stereocenters. The SMILES string of the molecule is Cc1ccc(Oc2cccc(C(=O)N3CCN(Cc4nc5ccc(C(=O)O)cc5n4C)CC3)c2)c(Cl)c1. The third-order valence-electron chi connectivity index (χ3n) is 6.64. The van der Waals surface area contributed by atoms with Gasteiger partial charge in [-0.25, -0.2) is 9.78 Å². The second-order valence-electron chi connectivity index (χ2n) is 9.23. The van der Waals surface area contributed by atoms with Crippen molar-refractivity contribution < 1.29 is 19.4 Å². The zero-order valence-corrected chi connectivity index (χ0v) is 21.4. The first-order valence-corrected chi connectivity index (χ1v) is 12.4. The smallest absolute Gasteiger partial charge is 0.335 e. The number of rotatable bonds is 6. The Kier molecular flexibility index (Phi) is 6.86. The number of halogens is 1. The Hall–Kier alpha value is -3.88. The van der Waals surface area contributed by atoms with Gasteiger partial charge in [0, 0.05) is 38.8 Å². The molecule has 190 valence electrons. The molecule has 8 nitrogen and oxygen atoms in total. The molecule has 1 N–H and O–H groups in total. The van der Waals surface area contributed by atoms with Gasteiger partial charge in [0.15, 0.2) is 0 Å². The largest absolute Gasteiger partial charge is 0.478 e. The van der Waals surface area contributed by atoms with Crippen molar-refractivity contribution in [3.63, 3.8) is 0 Å². The van der Waals surface area contributed by atoms with E-state index in [9.17, 15) is 14.7 Å². The summed E-state index contributed by atoms with van der Waals surface area (Å²) < 4.78 is 7.87. The van der Waals surface area contributed by atoms with Crippen LogP contribution in [0.4, 0.5) is 0 Å². The molecule has 1 aliphatic rings. The number of carbonyl (C=O) groups excluding carboxylic acids is 1. The van der Waals surface area contributed by atoms with Crippen LogP contribution < -0.4 is 4.74 Å². The van der Waals surface area contributed by atoms with E-state index in [1.807, 2.05) is 47.7 Å². The van der Waals surface area contributed by atoms with Crippen LogP contribution in [0.5, 0.6) is 11.5 Å². The van der Waals surface area contributed by atoms with E-state index in [4.69, 9.17) is 16.3 Å². The maximum absolute atomic E-state index is 13.2. The van der Waals surface area contributed by atoms with Crippen LogP contribution in [0.2, 0.25) is 5.02 Å². The number of imidazole rings is 1. The van der Waals surface area contributed by atoms with Crippen LogP contribution in [0.3, 0.4) is 0 Å². The average molecular weight is 519 g/mol. The van der Waals surface area contributed by atoms with Gasteiger partial charge in [0.05, 0.1) is 28.2 Å². The molecule has 0 saturated carbocycles. The molecular formula is C28H27ClN4O4. The molecule has 1 aliphatic heterocycles. The van der Waals surface area contributed by atoms with Crippen molar-refractivity contribution in [1.29, 1.82) is 0 Å². The fourth-order valence-electron chi connectivity index (χ4n) is 4.51. The minimum Gasteiger partial charge on any atom is -0.478 e. The second kappa shape index (κ2) is 10.2. The lowest BCUT2D eigenvalue weighted by Gasteiger charge is -2.34. The van der Waals surface area contributed by atoms with Crippen molar-refractivity contribution in [3.05, 3.63) is 88.2 Å². The Morgan fingerprint density at radius 2 is 1.78 bits per heavy atom. The number of hydrogen-bond acceptors (Lipinski definition) is 5. The summed E-state index contributed by atoms with van der Waals surface area (Å²) in [5.41, 5.74) is 3.41. The minimum atomic E-state index is -0.957. The molecule has 5 rings (SSSR count). The van der Waals surface area contributed by atoms with Crippen LogP contribution in [0.25, 0.3) is 11.0 Å². The molecule has 1 aromatic heterocycles. The molecule has 0 radical (unpaired) electrons. The normalized spacial score (nSPS) is 14.2. The summed E-state index contributed by atoms with van der Waals surface area (Å²) in [4.78, 5) is 33.3. The average Bonchev–Trinajstić information content (AvgIpc) is 3.20. The summed E-state index contributed by atoms with van der Waals surface area (Å²) in [6.07, 6.45) is 0. The number of amides is 1. The Balaban J connectivity index is 1.22. The van der Waals surface area contributed by atoms with E-state index in [1.165, 1.54) is 0 Å². The first kappa shape index (κ1) is 24.8. The van der Waals surface area contributed by atoms with Crippen molar-refractivity contribution in [2.75, 3.05) is 26.2 Å². The molecule has 2 heterocycles. The Morgan fingerprint density at radius 1 is 1.00 bits per heavy atom. The number of carboxylic acids is 1. The maximum atomic E-state index is 13.2. The van der Waals surface area contributed by atoms with E-state index in [0.717, 1.165) is 22.4 Å². The van der Waals surface area contributed by atoms with E-state index >= 15 is 0 Å². The number of ether oxygens (including phenoxy) is 1. The van der Waals surface area contributed by atoms with Crippen molar-refractivity contribution in [1.82, 2.24) is 19.4 Å². The van der Waals surface area contributed by atoms with Gasteiger partial charge in [0.2, 0.25) is 0 Å². The van der Waals surface area contributed by atoms with E-state index < -0.39 is 5.97 Å². The summed E-state index contributed by atoms with van der Waals surface area (Å²) in [7, 11) is 1.90. The zero-order valence-electron chi connectivity index (χ0n) is 20.6. The van der Waals surface area contributed by atoms with Gasteiger partial charge in [0.1, 0.15) is 17.3 Å². The molecule has 1 amide bonds. The third kappa shape index (κ3) is 5.30. The van der Waals surface area contributed by atoms with Crippen molar-refractivity contribution >= 4 is 34.5 Å². The number of piperazine rings is 1. The molecule has 37 heavy (non-hydrogen) atoms. The van der Waals surface area contributed by atoms with Crippen LogP contribution in [-0.2, 0) is 13.6 Å². The number of nitrogens with zero attached hydrogens (tertiary/aromatic N) is 4. The molecule has 0 spiro atoms. The first-order valence-electron chi connectivity index (χ1n) is 12.0. The third-order valence-corrected chi connectivity index (χ3v) is 6.94. The Labute approximate surface area is 219 Å². The number of fused-ring (bicyclic) bond motifs is 1. The summed E-state index contributed by atoms with van der Waals surface area (Å²) in [6, 6.07) is 17.7. The summed E-state index contributed by atoms with van der Waals surface area (Å²) in [5, 5.41) is 9.80. The lowest BCUT2D eigenvalue weighted by Crippen LogP contribution is -2.48. The van der Waals surface area contributed by atoms with Gasteiger partial charge < -0.3 is 19.3 Å². The molecule has 3 aromatic carbocycles. The van der Waals surface area contributed by atoms with Crippen molar-refractivity contribution in [2.45, 2.75) is 13.5 Å². The standard InChI is InChI=1S/C28H27ClN4O4/c1-18-6-9-25(22(29)14-18)37-21-5-3-4-19(15-21)27(34)33-12-10-32(11-13-33)17-26-30-23-8-7-20(28(35)36)16-24(23)31(26)2/h3-9,14-16H,10-13,17H2,1-2H3,(H,35,36). The van der Waals surface area contributed by atoms with Crippen LogP contribution in [-0.4, -0.2) is 62.5 Å². The number of benzene rings is 3. The van der Waals surface area contributed by atoms with Gasteiger partial charge in [-0.15, -0.1) is 0 Å². The Morgan fingerprint density at radius 3 is 2.51 bits per heavy atom. The molecule has 1 saturated heterocycles. The van der Waals surface area contributed by atoms with Crippen LogP contribution in [0.15, 0.2) is 60.7 Å². The molecule has 4 aromatic rings. The lowest BCUT2D eigenvalue weighted by molar-refractivity contribution is 0.0623. The van der Waals surface area contributed by atoms with Gasteiger partial charge in [-0.2, -0.15) is 0 Å². The number of hydrogen-bond donors (Lipinski definition) is 1. The summed E-state index contributed by atoms with van der Waals surface area (Å²) in [5.74, 6) is 0.970. The van der Waals surface area contributed by atoms with Gasteiger partial charge in [-0.3, -0.25) is 9.69 Å². The van der Waals surface area contributed by atoms with Crippen LogP contribution in [0, 0.1) is 6.92 Å². The molecule has 0 bridgehead atoms. The number of carboxylic acid groups (broad SMARTS) is 1. The maximum Gasteiger partial charge on any atom is 0.335 e. The monoisotopic (exact) mass is 518 g/mol. The number of aromatic nitrogens is 2. The molecule has 0 atom stereocenters. The summed E-state index contributed by atoms with van der Waals surface area (Å²) in [6.45, 7) is 5.21. The molecule has 9 heteroatoms. The highest BCUT2D eigenvalue weighted by Crippen LogP contribution is 2.30. The highest BCUT2D eigenvalue weighted by Gasteiger charge is 2.24. The second-order valence-corrected chi connectivity index (χ2v) is 9.64. The predicted octanol–water partition coefficient (Wildman–Crippen LogP) is 4.98. The van der Waals surface area contributed by atoms with Gasteiger partial charge in [-0.05, 0) is 61.0 Å². The molecule has 1 fully saturated rings. The van der Waals surface area contributed by atoms with Crippen molar-refractivity contribution in [2.24, 2.45) is 7.05 Å². The highest BCUT2D eigenvalue weighted by atomic mass is 35.5. The molecule has 0 aliphatic carbocycles. The number of aryl methyl sites for hydroxylation is 2. The lowest BCUT2D eigenvalue weighted by atomic mass is 10.1.